The van der Waals surface area contributed by atoms with Crippen molar-refractivity contribution >= 4 is 11.6 Å². The molecule has 2 rings (SSSR count). The Hall–Kier alpha value is -2.57. The van der Waals surface area contributed by atoms with Crippen molar-refractivity contribution in [3.05, 3.63) is 64.7 Å². The van der Waals surface area contributed by atoms with Crippen molar-refractivity contribution in [2.75, 3.05) is 11.9 Å². The van der Waals surface area contributed by atoms with E-state index < -0.39 is 0 Å². The maximum Gasteiger partial charge on any atom is 0.255 e. The van der Waals surface area contributed by atoms with Gasteiger partial charge in [-0.25, -0.2) is 0 Å². The zero-order valence-corrected chi connectivity index (χ0v) is 12.1. The number of hydrogen-bond acceptors (Lipinski definition) is 2. The maximum absolute atomic E-state index is 12.2. The van der Waals surface area contributed by atoms with Crippen molar-refractivity contribution in [3.63, 3.8) is 0 Å². The Balaban J connectivity index is 2.12. The van der Waals surface area contributed by atoms with Crippen LogP contribution in [0, 0.1) is 25.7 Å². The van der Waals surface area contributed by atoms with Crippen LogP contribution in [0.1, 0.15) is 27.0 Å². The zero-order chi connectivity index (χ0) is 15.2. The number of benzene rings is 2. The van der Waals surface area contributed by atoms with E-state index in [0.717, 1.165) is 16.7 Å². The second-order valence-electron chi connectivity index (χ2n) is 4.87. The van der Waals surface area contributed by atoms with Gasteiger partial charge in [0.15, 0.2) is 0 Å². The van der Waals surface area contributed by atoms with Gasteiger partial charge < -0.3 is 10.4 Å². The van der Waals surface area contributed by atoms with Crippen LogP contribution in [-0.4, -0.2) is 17.6 Å². The molecule has 21 heavy (non-hydrogen) atoms. The Morgan fingerprint density at radius 3 is 2.29 bits per heavy atom. The van der Waals surface area contributed by atoms with Gasteiger partial charge in [0, 0.05) is 16.8 Å². The van der Waals surface area contributed by atoms with Crippen LogP contribution in [0.3, 0.4) is 0 Å². The second kappa shape index (κ2) is 6.74. The van der Waals surface area contributed by atoms with Gasteiger partial charge in [0.2, 0.25) is 0 Å². The highest BCUT2D eigenvalue weighted by Crippen LogP contribution is 2.13. The van der Waals surface area contributed by atoms with Crippen LogP contribution in [-0.2, 0) is 0 Å². The average molecular weight is 279 g/mol. The average Bonchev–Trinajstić information content (AvgIpc) is 2.45. The van der Waals surface area contributed by atoms with E-state index in [2.05, 4.69) is 17.2 Å². The van der Waals surface area contributed by atoms with E-state index in [1.54, 1.807) is 24.3 Å². The molecule has 2 N–H and O–H groups in total. The molecule has 2 aromatic rings. The number of carbonyl (C=O) groups is 1. The number of amides is 1. The summed E-state index contributed by atoms with van der Waals surface area (Å²) in [5.41, 5.74) is 4.29. The van der Waals surface area contributed by atoms with E-state index in [-0.39, 0.29) is 12.5 Å². The zero-order valence-electron chi connectivity index (χ0n) is 12.1. The lowest BCUT2D eigenvalue weighted by molar-refractivity contribution is 0.102. The monoisotopic (exact) mass is 279 g/mol. The Labute approximate surface area is 124 Å². The van der Waals surface area contributed by atoms with E-state index in [4.69, 9.17) is 5.11 Å². The smallest absolute Gasteiger partial charge is 0.255 e. The van der Waals surface area contributed by atoms with E-state index in [1.807, 2.05) is 32.0 Å². The summed E-state index contributed by atoms with van der Waals surface area (Å²) in [6.45, 7) is 3.78. The van der Waals surface area contributed by atoms with Gasteiger partial charge in [0.25, 0.3) is 5.91 Å². The predicted octanol–water partition coefficient (Wildman–Crippen LogP) is 2.90. The lowest BCUT2D eigenvalue weighted by atomic mass is 10.1. The van der Waals surface area contributed by atoms with Gasteiger partial charge in [0.1, 0.15) is 6.61 Å². The minimum Gasteiger partial charge on any atom is -0.384 e. The van der Waals surface area contributed by atoms with E-state index in [1.165, 1.54) is 0 Å². The molecule has 3 heteroatoms. The van der Waals surface area contributed by atoms with Crippen LogP contribution in [0.5, 0.6) is 0 Å². The Bertz CT molecular complexity index is 686. The molecule has 0 aliphatic carbocycles. The van der Waals surface area contributed by atoms with Crippen LogP contribution in [0.2, 0.25) is 0 Å². The number of hydrogen-bond donors (Lipinski definition) is 2. The lowest BCUT2D eigenvalue weighted by Gasteiger charge is -2.07. The highest BCUT2D eigenvalue weighted by atomic mass is 16.2. The molecule has 0 unspecified atom stereocenters. The van der Waals surface area contributed by atoms with Gasteiger partial charge in [-0.15, -0.1) is 0 Å². The fourth-order valence-corrected chi connectivity index (χ4v) is 2.09. The topological polar surface area (TPSA) is 49.3 Å². The van der Waals surface area contributed by atoms with Gasteiger partial charge in [-0.3, -0.25) is 4.79 Å². The summed E-state index contributed by atoms with van der Waals surface area (Å²) < 4.78 is 0. The molecule has 2 aromatic carbocycles. The Morgan fingerprint density at radius 2 is 1.71 bits per heavy atom. The lowest BCUT2D eigenvalue weighted by Crippen LogP contribution is -2.12. The number of rotatable bonds is 2. The molecule has 0 spiro atoms. The summed E-state index contributed by atoms with van der Waals surface area (Å²) in [6, 6.07) is 13.0. The molecule has 0 saturated carbocycles. The number of aryl methyl sites for hydroxylation is 2. The largest absolute Gasteiger partial charge is 0.384 e. The third-order valence-corrected chi connectivity index (χ3v) is 2.94. The first-order chi connectivity index (χ1) is 10.1. The van der Waals surface area contributed by atoms with Crippen LogP contribution < -0.4 is 5.32 Å². The number of aliphatic hydroxyl groups excluding tert-OH is 1. The van der Waals surface area contributed by atoms with E-state index in [0.29, 0.717) is 11.3 Å². The van der Waals surface area contributed by atoms with E-state index in [9.17, 15) is 4.79 Å². The highest BCUT2D eigenvalue weighted by molar-refractivity contribution is 6.04. The maximum atomic E-state index is 12.2. The molecular formula is C18H17NO2. The number of anilines is 1. The van der Waals surface area contributed by atoms with Crippen LogP contribution in [0.4, 0.5) is 5.69 Å². The van der Waals surface area contributed by atoms with E-state index >= 15 is 0 Å². The molecule has 0 radical (unpaired) electrons. The standard InChI is InChI=1S/C18H17NO2/c1-13-10-14(2)12-16(11-13)18(21)19-17-7-5-15(6-8-17)4-3-9-20/h5-8,10-12,20H,9H2,1-2H3,(H,19,21). The normalized spacial score (nSPS) is 9.67. The molecule has 3 nitrogen and oxygen atoms in total. The summed E-state index contributed by atoms with van der Waals surface area (Å²) in [6.07, 6.45) is 0. The number of nitrogens with one attached hydrogen (secondary N) is 1. The van der Waals surface area contributed by atoms with Crippen molar-refractivity contribution in [2.24, 2.45) is 0 Å². The summed E-state index contributed by atoms with van der Waals surface area (Å²) in [5, 5.41) is 11.5. The van der Waals surface area contributed by atoms with Crippen molar-refractivity contribution in [3.8, 4) is 11.8 Å². The molecule has 106 valence electrons. The number of carbonyl (C=O) groups excluding carboxylic acids is 1. The molecule has 0 bridgehead atoms. The molecule has 0 atom stereocenters. The molecule has 0 saturated heterocycles. The number of aliphatic hydroxyl groups is 1. The molecule has 0 aliphatic heterocycles. The van der Waals surface area contributed by atoms with Crippen molar-refractivity contribution in [2.45, 2.75) is 13.8 Å². The van der Waals surface area contributed by atoms with Crippen LogP contribution in [0.25, 0.3) is 0 Å². The first-order valence-corrected chi connectivity index (χ1v) is 6.68. The van der Waals surface area contributed by atoms with Gasteiger partial charge >= 0.3 is 0 Å². The minimum absolute atomic E-state index is 0.129. The summed E-state index contributed by atoms with van der Waals surface area (Å²) in [5.74, 6) is 5.26. The molecular weight excluding hydrogens is 262 g/mol. The van der Waals surface area contributed by atoms with Gasteiger partial charge in [0.05, 0.1) is 0 Å². The fraction of sp³-hybridized carbons (Fsp3) is 0.167. The highest BCUT2D eigenvalue weighted by Gasteiger charge is 2.07. The minimum atomic E-state index is -0.162. The SMILES string of the molecule is Cc1cc(C)cc(C(=O)Nc2ccc(C#CCO)cc2)c1. The summed E-state index contributed by atoms with van der Waals surface area (Å²) in [4.78, 5) is 12.2. The first-order valence-electron chi connectivity index (χ1n) is 6.68. The van der Waals surface area contributed by atoms with Gasteiger partial charge in [-0.2, -0.15) is 0 Å². The molecule has 0 aromatic heterocycles. The van der Waals surface area contributed by atoms with Crippen molar-refractivity contribution < 1.29 is 9.90 Å². The molecule has 1 amide bonds. The third-order valence-electron chi connectivity index (χ3n) is 2.94. The second-order valence-corrected chi connectivity index (χ2v) is 4.87. The van der Waals surface area contributed by atoms with Crippen molar-refractivity contribution in [1.29, 1.82) is 0 Å². The van der Waals surface area contributed by atoms with Crippen LogP contribution >= 0.6 is 0 Å². The fourth-order valence-electron chi connectivity index (χ4n) is 2.09. The Morgan fingerprint density at radius 1 is 1.10 bits per heavy atom. The van der Waals surface area contributed by atoms with Gasteiger partial charge in [-0.1, -0.05) is 29.0 Å². The summed E-state index contributed by atoms with van der Waals surface area (Å²) in [7, 11) is 0. The van der Waals surface area contributed by atoms with Crippen molar-refractivity contribution in [1.82, 2.24) is 0 Å². The first kappa shape index (κ1) is 14.8. The molecule has 0 aliphatic rings. The Kier molecular flexibility index (Phi) is 4.76. The molecule has 0 fully saturated rings. The quantitative estimate of drug-likeness (QED) is 0.830. The third kappa shape index (κ3) is 4.20. The van der Waals surface area contributed by atoms with Crippen LogP contribution in [0.15, 0.2) is 42.5 Å². The van der Waals surface area contributed by atoms with Gasteiger partial charge in [-0.05, 0) is 50.2 Å². The summed E-state index contributed by atoms with van der Waals surface area (Å²) >= 11 is 0. The predicted molar refractivity (Wildman–Crippen MR) is 84.3 cm³/mol. The molecule has 0 heterocycles.